The van der Waals surface area contributed by atoms with Crippen LogP contribution in [0.15, 0.2) is 6.20 Å². The van der Waals surface area contributed by atoms with Crippen LogP contribution in [0, 0.1) is 0 Å². The molecule has 7 nitrogen and oxygen atoms in total. The molecule has 1 atom stereocenters. The summed E-state index contributed by atoms with van der Waals surface area (Å²) in [5, 5.41) is 4.22. The van der Waals surface area contributed by atoms with Gasteiger partial charge in [0.05, 0.1) is 12.8 Å². The summed E-state index contributed by atoms with van der Waals surface area (Å²) < 4.78 is 34.2. The first kappa shape index (κ1) is 14.4. The molecule has 1 aromatic rings. The van der Waals surface area contributed by atoms with Crippen molar-refractivity contribution < 1.29 is 13.2 Å². The molecule has 108 valence electrons. The van der Waals surface area contributed by atoms with Crippen molar-refractivity contribution in [2.45, 2.75) is 12.5 Å². The Morgan fingerprint density at radius 1 is 1.53 bits per heavy atom. The first-order valence-corrected chi connectivity index (χ1v) is 7.45. The van der Waals surface area contributed by atoms with Crippen molar-refractivity contribution >= 4 is 10.2 Å². The van der Waals surface area contributed by atoms with Gasteiger partial charge in [-0.15, -0.1) is 0 Å². The fraction of sp³-hybridized carbons (Fsp3) is 0.727. The Labute approximate surface area is 113 Å². The molecule has 1 aliphatic heterocycles. The van der Waals surface area contributed by atoms with E-state index in [1.54, 1.807) is 32.1 Å². The minimum atomic E-state index is -3.41. The van der Waals surface area contributed by atoms with Crippen LogP contribution in [0.1, 0.15) is 17.2 Å². The van der Waals surface area contributed by atoms with Gasteiger partial charge in [-0.3, -0.25) is 4.68 Å². The molecular formula is C11H20N4O3S. The van der Waals surface area contributed by atoms with E-state index in [2.05, 4.69) is 5.10 Å². The van der Waals surface area contributed by atoms with Crippen molar-refractivity contribution in [3.05, 3.63) is 17.5 Å². The molecule has 2 rings (SSSR count). The van der Waals surface area contributed by atoms with Gasteiger partial charge in [-0.25, -0.2) is 0 Å². The number of hydrogen-bond acceptors (Lipinski definition) is 4. The number of nitrogens with zero attached hydrogens (tertiary/aromatic N) is 4. The van der Waals surface area contributed by atoms with Crippen molar-refractivity contribution in [2.75, 3.05) is 34.4 Å². The van der Waals surface area contributed by atoms with Crippen LogP contribution >= 0.6 is 0 Å². The molecule has 0 saturated heterocycles. The molecule has 0 saturated carbocycles. The third-order valence-electron chi connectivity index (χ3n) is 3.38. The van der Waals surface area contributed by atoms with Gasteiger partial charge in [-0.2, -0.15) is 22.1 Å². The lowest BCUT2D eigenvalue weighted by molar-refractivity contribution is 0.158. The molecule has 0 spiro atoms. The summed E-state index contributed by atoms with van der Waals surface area (Å²) in [4.78, 5) is 0. The Morgan fingerprint density at radius 2 is 2.21 bits per heavy atom. The van der Waals surface area contributed by atoms with Gasteiger partial charge in [-0.1, -0.05) is 0 Å². The highest BCUT2D eigenvalue weighted by Crippen LogP contribution is 2.30. The predicted molar refractivity (Wildman–Crippen MR) is 70.8 cm³/mol. The molecule has 0 aromatic carbocycles. The average molecular weight is 288 g/mol. The van der Waals surface area contributed by atoms with Crippen molar-refractivity contribution in [3.8, 4) is 0 Å². The molecular weight excluding hydrogens is 268 g/mol. The highest BCUT2D eigenvalue weighted by molar-refractivity contribution is 7.86. The fourth-order valence-electron chi connectivity index (χ4n) is 2.47. The van der Waals surface area contributed by atoms with Gasteiger partial charge in [0.2, 0.25) is 0 Å². The van der Waals surface area contributed by atoms with E-state index < -0.39 is 10.2 Å². The Bertz CT molecular complexity index is 552. The SMILES string of the molecule is COC[C@H]1CN(S(=O)(=O)N(C)C)Cc2cnn(C)c21. The molecule has 0 unspecified atom stereocenters. The third-order valence-corrected chi connectivity index (χ3v) is 5.23. The molecule has 0 radical (unpaired) electrons. The zero-order chi connectivity index (χ0) is 14.2. The van der Waals surface area contributed by atoms with Crippen molar-refractivity contribution in [1.29, 1.82) is 0 Å². The van der Waals surface area contributed by atoms with Crippen LogP contribution in [0.3, 0.4) is 0 Å². The van der Waals surface area contributed by atoms with E-state index >= 15 is 0 Å². The second-order valence-corrected chi connectivity index (χ2v) is 7.06. The van der Waals surface area contributed by atoms with Gasteiger partial charge in [0.25, 0.3) is 10.2 Å². The van der Waals surface area contributed by atoms with Gasteiger partial charge in [-0.05, 0) is 0 Å². The Hall–Kier alpha value is -0.960. The standard InChI is InChI=1S/C11H20N4O3S/c1-13(2)19(16,17)15-6-9-5-12-14(3)11(9)10(7-15)8-18-4/h5,10H,6-8H2,1-4H3/t10-/m1/s1. The lowest BCUT2D eigenvalue weighted by atomic mass is 9.99. The molecule has 1 aliphatic rings. The lowest BCUT2D eigenvalue weighted by Crippen LogP contribution is -2.45. The topological polar surface area (TPSA) is 67.7 Å². The fourth-order valence-corrected chi connectivity index (χ4v) is 3.60. The van der Waals surface area contributed by atoms with Crippen LogP contribution in [-0.2, 0) is 28.5 Å². The van der Waals surface area contributed by atoms with Gasteiger partial charge >= 0.3 is 0 Å². The van der Waals surface area contributed by atoms with Crippen molar-refractivity contribution in [3.63, 3.8) is 0 Å². The molecule has 8 heteroatoms. The Kier molecular flexibility index (Phi) is 3.95. The van der Waals surface area contributed by atoms with Crippen LogP contribution in [0.5, 0.6) is 0 Å². The zero-order valence-electron chi connectivity index (χ0n) is 11.7. The summed E-state index contributed by atoms with van der Waals surface area (Å²) in [6.45, 7) is 1.26. The Morgan fingerprint density at radius 3 is 2.79 bits per heavy atom. The molecule has 0 amide bonds. The Balaban J connectivity index is 2.36. The minimum Gasteiger partial charge on any atom is -0.384 e. The van der Waals surface area contributed by atoms with Crippen LogP contribution in [0.4, 0.5) is 0 Å². The van der Waals surface area contributed by atoms with Crippen molar-refractivity contribution in [1.82, 2.24) is 18.4 Å². The molecule has 0 aliphatic carbocycles. The highest BCUT2D eigenvalue weighted by atomic mass is 32.2. The first-order valence-electron chi connectivity index (χ1n) is 6.05. The molecule has 0 N–H and O–H groups in total. The number of ether oxygens (including phenoxy) is 1. The number of aryl methyl sites for hydroxylation is 1. The zero-order valence-corrected chi connectivity index (χ0v) is 12.5. The molecule has 19 heavy (non-hydrogen) atoms. The molecule has 0 bridgehead atoms. The summed E-state index contributed by atoms with van der Waals surface area (Å²) in [5.41, 5.74) is 2.01. The second kappa shape index (κ2) is 5.20. The van der Waals surface area contributed by atoms with Crippen LogP contribution in [-0.4, -0.2) is 61.2 Å². The summed E-state index contributed by atoms with van der Waals surface area (Å²) in [6, 6.07) is 0. The molecule has 0 fully saturated rings. The summed E-state index contributed by atoms with van der Waals surface area (Å²) in [6.07, 6.45) is 1.73. The number of fused-ring (bicyclic) bond motifs is 1. The van der Waals surface area contributed by atoms with E-state index in [0.29, 0.717) is 19.7 Å². The quantitative estimate of drug-likeness (QED) is 0.768. The largest absolute Gasteiger partial charge is 0.384 e. The van der Waals surface area contributed by atoms with Gasteiger partial charge < -0.3 is 4.74 Å². The lowest BCUT2D eigenvalue weighted by Gasteiger charge is -2.33. The van der Waals surface area contributed by atoms with Gasteiger partial charge in [0.15, 0.2) is 0 Å². The maximum Gasteiger partial charge on any atom is 0.281 e. The minimum absolute atomic E-state index is 0.0102. The van der Waals surface area contributed by atoms with E-state index in [1.165, 1.54) is 8.61 Å². The van der Waals surface area contributed by atoms with E-state index in [0.717, 1.165) is 11.3 Å². The second-order valence-electron chi connectivity index (χ2n) is 4.91. The maximum absolute atomic E-state index is 12.2. The monoisotopic (exact) mass is 288 g/mol. The molecule has 2 heterocycles. The first-order chi connectivity index (χ1) is 8.87. The number of aromatic nitrogens is 2. The van der Waals surface area contributed by atoms with Crippen LogP contribution in [0.25, 0.3) is 0 Å². The van der Waals surface area contributed by atoms with E-state index in [4.69, 9.17) is 4.74 Å². The van der Waals surface area contributed by atoms with E-state index in [1.807, 2.05) is 7.05 Å². The summed E-state index contributed by atoms with van der Waals surface area (Å²) in [5.74, 6) is 0.0102. The van der Waals surface area contributed by atoms with Crippen LogP contribution in [0.2, 0.25) is 0 Å². The van der Waals surface area contributed by atoms with Crippen molar-refractivity contribution in [2.24, 2.45) is 7.05 Å². The van der Waals surface area contributed by atoms with E-state index in [9.17, 15) is 8.42 Å². The average Bonchev–Trinajstić information content (AvgIpc) is 2.71. The molecule has 1 aromatic heterocycles. The van der Waals surface area contributed by atoms with E-state index in [-0.39, 0.29) is 5.92 Å². The number of hydrogen-bond donors (Lipinski definition) is 0. The number of rotatable bonds is 4. The van der Waals surface area contributed by atoms with Gasteiger partial charge in [0, 0.05) is 58.5 Å². The predicted octanol–water partition coefficient (Wildman–Crippen LogP) is -0.228. The number of methoxy groups -OCH3 is 1. The third kappa shape index (κ3) is 2.53. The summed E-state index contributed by atoms with van der Waals surface area (Å²) >= 11 is 0. The van der Waals surface area contributed by atoms with Crippen LogP contribution < -0.4 is 0 Å². The van der Waals surface area contributed by atoms with Gasteiger partial charge in [0.1, 0.15) is 0 Å². The normalized spacial score (nSPS) is 20.8. The smallest absolute Gasteiger partial charge is 0.281 e. The maximum atomic E-state index is 12.2. The summed E-state index contributed by atoms with van der Waals surface area (Å²) in [7, 11) is 3.16. The highest BCUT2D eigenvalue weighted by Gasteiger charge is 2.35.